The van der Waals surface area contributed by atoms with Crippen LogP contribution in [0.4, 0.5) is 13.2 Å². The number of carbonyl (C=O) groups excluding carboxylic acids is 3. The summed E-state index contributed by atoms with van der Waals surface area (Å²) in [5, 5.41) is 3.72. The van der Waals surface area contributed by atoms with Crippen molar-refractivity contribution >= 4 is 67.2 Å². The average molecular weight is 776 g/mol. The first kappa shape index (κ1) is 38.9. The molecular formula is C39H45ClF3N3O4S2. The van der Waals surface area contributed by atoms with Gasteiger partial charge in [0.15, 0.2) is 5.78 Å². The Morgan fingerprint density at radius 2 is 1.46 bits per heavy atom. The number of carbonyl (C=O) groups is 1. The minimum atomic E-state index is -4.63. The third-order valence-corrected chi connectivity index (χ3v) is 14.6. The average Bonchev–Trinajstić information content (AvgIpc) is 3.97. The summed E-state index contributed by atoms with van der Waals surface area (Å²) in [6.45, 7) is 7.35. The second-order valence-electron chi connectivity index (χ2n) is 14.9. The van der Waals surface area contributed by atoms with Crippen molar-refractivity contribution in [2.75, 3.05) is 26.2 Å². The van der Waals surface area contributed by atoms with Gasteiger partial charge in [0, 0.05) is 28.2 Å². The zero-order chi connectivity index (χ0) is 36.0. The Morgan fingerprint density at radius 3 is 2.02 bits per heavy atom. The number of nitrogens with zero attached hydrogens (tertiary/aromatic N) is 2. The van der Waals surface area contributed by atoms with Gasteiger partial charge in [0.05, 0.1) is 9.58 Å². The third kappa shape index (κ3) is 7.71. The molecule has 6 saturated heterocycles. The molecule has 2 aromatic carbocycles. The van der Waals surface area contributed by atoms with Crippen LogP contribution in [0, 0.1) is 24.7 Å². The number of hydrogen-bond acceptors (Lipinski definition) is 9. The Bertz CT molecular complexity index is 1900. The molecule has 8 heterocycles. The van der Waals surface area contributed by atoms with E-state index in [1.54, 1.807) is 28.8 Å². The van der Waals surface area contributed by atoms with Gasteiger partial charge < -0.3 is 10.5 Å². The Kier molecular flexibility index (Phi) is 11.6. The van der Waals surface area contributed by atoms with Gasteiger partial charge in [-0.15, -0.1) is 48.3 Å². The highest BCUT2D eigenvalue weighted by Gasteiger charge is 2.60. The predicted molar refractivity (Wildman–Crippen MR) is 200 cm³/mol. The smallest absolute Gasteiger partial charge is 0.404 e. The van der Waals surface area contributed by atoms with E-state index in [4.69, 9.17) is 15.3 Å². The summed E-state index contributed by atoms with van der Waals surface area (Å²) in [7, 11) is 0. The Balaban J connectivity index is 0.000000137. The van der Waals surface area contributed by atoms with Crippen molar-refractivity contribution in [1.29, 1.82) is 0 Å². The molecule has 0 radical (unpaired) electrons. The molecule has 8 aliphatic rings. The lowest BCUT2D eigenvalue weighted by molar-refractivity contribution is -0.274. The number of benzene rings is 2. The van der Waals surface area contributed by atoms with Gasteiger partial charge in [0.1, 0.15) is 5.75 Å². The van der Waals surface area contributed by atoms with Crippen LogP contribution >= 0.6 is 35.1 Å². The lowest BCUT2D eigenvalue weighted by Gasteiger charge is -2.52. The van der Waals surface area contributed by atoms with E-state index in [0.717, 1.165) is 28.5 Å². The van der Waals surface area contributed by atoms with Crippen LogP contribution in [-0.2, 0) is 9.59 Å². The zero-order valence-electron chi connectivity index (χ0n) is 29.2. The first-order valence-corrected chi connectivity index (χ1v) is 19.7. The van der Waals surface area contributed by atoms with E-state index >= 15 is 0 Å². The molecule has 13 heteroatoms. The van der Waals surface area contributed by atoms with Crippen LogP contribution in [0.1, 0.15) is 73.0 Å². The molecule has 52 heavy (non-hydrogen) atoms. The van der Waals surface area contributed by atoms with Gasteiger partial charge in [-0.1, -0.05) is 30.3 Å². The molecule has 2 aliphatic carbocycles. The molecule has 2 saturated carbocycles. The number of aryl methyl sites for hydroxylation is 1. The van der Waals surface area contributed by atoms with E-state index < -0.39 is 6.36 Å². The van der Waals surface area contributed by atoms with Gasteiger partial charge in [0.2, 0.25) is 0 Å². The largest absolute Gasteiger partial charge is 0.573 e. The highest BCUT2D eigenvalue weighted by Crippen LogP contribution is 2.59. The molecule has 0 amide bonds. The number of halogens is 4. The summed E-state index contributed by atoms with van der Waals surface area (Å²) in [5.74, 6) is 2.52. The lowest BCUT2D eigenvalue weighted by Crippen LogP contribution is -2.63. The van der Waals surface area contributed by atoms with Crippen molar-refractivity contribution in [2.24, 2.45) is 23.5 Å². The van der Waals surface area contributed by atoms with Crippen LogP contribution in [0.2, 0.25) is 0 Å². The molecule has 8 fully saturated rings. The number of thiophene rings is 2. The van der Waals surface area contributed by atoms with Crippen molar-refractivity contribution in [3.8, 4) is 5.75 Å². The number of rotatable bonds is 4. The molecule has 6 aliphatic heterocycles. The maximum atomic E-state index is 13.0. The quantitative estimate of drug-likeness (QED) is 0.207. The minimum absolute atomic E-state index is 0. The first-order valence-electron chi connectivity index (χ1n) is 18.0. The SMILES string of the molecule is Cc1cccc2cc(C(=O)C[C@@H]3C4CCN(CC4)C34CC4)sc12.Cl.FC(F)(F)Oc1cccc2ccsc12.N[C@@H]1C2CCN(CC2)C12CC2.O=C=O. The van der Waals surface area contributed by atoms with Crippen LogP contribution < -0.4 is 10.5 Å². The monoisotopic (exact) mass is 775 g/mol. The van der Waals surface area contributed by atoms with E-state index in [-0.39, 0.29) is 24.3 Å². The van der Waals surface area contributed by atoms with E-state index in [2.05, 4.69) is 45.7 Å². The maximum absolute atomic E-state index is 13.0. The van der Waals surface area contributed by atoms with Crippen LogP contribution in [0.5, 0.6) is 5.75 Å². The van der Waals surface area contributed by atoms with Crippen LogP contribution in [-0.4, -0.2) is 71.4 Å². The van der Waals surface area contributed by atoms with Crippen molar-refractivity contribution in [1.82, 2.24) is 9.80 Å². The Hall–Kier alpha value is -2.83. The minimum Gasteiger partial charge on any atom is -0.404 e. The summed E-state index contributed by atoms with van der Waals surface area (Å²) in [6, 6.07) is 15.3. The summed E-state index contributed by atoms with van der Waals surface area (Å²) >= 11 is 2.93. The molecule has 2 atom stereocenters. The Labute approximate surface area is 316 Å². The highest BCUT2D eigenvalue weighted by atomic mass is 35.5. The maximum Gasteiger partial charge on any atom is 0.573 e. The number of ether oxygens (including phenoxy) is 1. The van der Waals surface area contributed by atoms with E-state index in [9.17, 15) is 18.0 Å². The molecule has 2 spiro atoms. The zero-order valence-corrected chi connectivity index (χ0v) is 31.6. The summed E-state index contributed by atoms with van der Waals surface area (Å²) < 4.78 is 41.6. The standard InChI is InChI=1S/C20H23NOS.C9H5F3OS.C9H16N2.CO2.ClH/c1-13-3-2-4-15-11-18(23-19(13)15)17(22)12-16-14-5-9-21(10-6-14)20(16)7-8-20;10-9(11,12)13-7-3-1-2-6-4-5-14-8(6)7;10-8-7-1-5-11(6-2-7)9(8)3-4-9;2-1-3;/h2-4,11,14,16H,5-10,12H2,1H3;1-5H;7-8H,1-6,10H2;;1H/t16-;;8-;;/m1.1../s1. The molecule has 4 bridgehead atoms. The number of alkyl halides is 3. The normalized spacial score (nSPS) is 27.9. The number of ketones is 1. The molecule has 2 N–H and O–H groups in total. The molecule has 7 nitrogen and oxygen atoms in total. The van der Waals surface area contributed by atoms with Gasteiger partial charge in [-0.2, -0.15) is 9.59 Å². The molecule has 4 aromatic rings. The highest BCUT2D eigenvalue weighted by molar-refractivity contribution is 7.21. The number of piperidine rings is 6. The van der Waals surface area contributed by atoms with Gasteiger partial charge in [-0.25, -0.2) is 0 Å². The second-order valence-corrected chi connectivity index (χ2v) is 16.9. The van der Waals surface area contributed by atoms with Gasteiger partial charge >= 0.3 is 12.5 Å². The summed E-state index contributed by atoms with van der Waals surface area (Å²) in [5.41, 5.74) is 8.44. The number of Topliss-reactive ketones (excluding diaryl/α,β-unsaturated/α-hetero) is 1. The second kappa shape index (κ2) is 15.5. The van der Waals surface area contributed by atoms with E-state index in [1.807, 2.05) is 0 Å². The van der Waals surface area contributed by atoms with Crippen molar-refractivity contribution in [3.63, 3.8) is 0 Å². The van der Waals surface area contributed by atoms with Gasteiger partial charge in [-0.3, -0.25) is 14.6 Å². The number of fused-ring (bicyclic) bond motifs is 6. The third-order valence-electron chi connectivity index (χ3n) is 12.3. The fourth-order valence-electron chi connectivity index (χ4n) is 9.54. The fourth-order valence-corrected chi connectivity index (χ4v) is 11.5. The molecule has 0 unspecified atom stereocenters. The van der Waals surface area contributed by atoms with E-state index in [1.165, 1.54) is 117 Å². The predicted octanol–water partition coefficient (Wildman–Crippen LogP) is 8.87. The van der Waals surface area contributed by atoms with Crippen LogP contribution in [0.3, 0.4) is 0 Å². The van der Waals surface area contributed by atoms with Gasteiger partial charge in [-0.05, 0) is 142 Å². The Morgan fingerprint density at radius 1 is 0.885 bits per heavy atom. The van der Waals surface area contributed by atoms with Crippen molar-refractivity contribution in [3.05, 3.63) is 64.4 Å². The molecule has 280 valence electrons. The summed E-state index contributed by atoms with van der Waals surface area (Å²) in [4.78, 5) is 35.6. The number of nitrogens with two attached hydrogens (primary N) is 1. The van der Waals surface area contributed by atoms with E-state index in [0.29, 0.717) is 33.5 Å². The molecule has 2 aromatic heterocycles. The lowest BCUT2D eigenvalue weighted by atomic mass is 9.70. The molecular weight excluding hydrogens is 731 g/mol. The number of hydrogen-bond donors (Lipinski definition) is 1. The van der Waals surface area contributed by atoms with Crippen LogP contribution in [0.25, 0.3) is 20.2 Å². The topological polar surface area (TPSA) is 92.9 Å². The fraction of sp³-hybridized carbons (Fsp3) is 0.538. The van der Waals surface area contributed by atoms with Crippen LogP contribution in [0.15, 0.2) is 53.9 Å². The summed E-state index contributed by atoms with van der Waals surface area (Å²) in [6.07, 6.45) is 7.16. The first-order chi connectivity index (χ1) is 24.5. The van der Waals surface area contributed by atoms with Gasteiger partial charge in [0.25, 0.3) is 0 Å². The van der Waals surface area contributed by atoms with Crippen molar-refractivity contribution in [2.45, 2.75) is 88.2 Å². The molecule has 12 rings (SSSR count). The van der Waals surface area contributed by atoms with Crippen molar-refractivity contribution < 1.29 is 32.3 Å².